The molecule has 0 aliphatic rings. The molecule has 0 aromatic heterocycles. The molecular formula is C12H13ClFNO3. The van der Waals surface area contributed by atoms with E-state index in [2.05, 4.69) is 10.1 Å². The second-order valence-electron chi connectivity index (χ2n) is 3.44. The lowest BCUT2D eigenvalue weighted by Crippen LogP contribution is -2.27. The Balaban J connectivity index is 2.50. The van der Waals surface area contributed by atoms with Gasteiger partial charge in [-0.1, -0.05) is 11.6 Å². The number of esters is 1. The quantitative estimate of drug-likeness (QED) is 0.837. The lowest BCUT2D eigenvalue weighted by molar-refractivity contribution is -0.142. The fourth-order valence-electron chi connectivity index (χ4n) is 1.28. The smallest absolute Gasteiger partial charge is 0.307 e. The molecule has 0 aliphatic carbocycles. The van der Waals surface area contributed by atoms with Crippen molar-refractivity contribution < 1.29 is 18.7 Å². The van der Waals surface area contributed by atoms with E-state index in [0.29, 0.717) is 0 Å². The summed E-state index contributed by atoms with van der Waals surface area (Å²) >= 11 is 5.67. The molecule has 0 fully saturated rings. The molecule has 0 aliphatic heterocycles. The second kappa shape index (κ2) is 6.96. The predicted molar refractivity (Wildman–Crippen MR) is 65.0 cm³/mol. The average molecular weight is 274 g/mol. The summed E-state index contributed by atoms with van der Waals surface area (Å²) in [4.78, 5) is 22.6. The van der Waals surface area contributed by atoms with Crippen LogP contribution in [0.15, 0.2) is 18.2 Å². The number of rotatable bonds is 5. The minimum atomic E-state index is -0.659. The van der Waals surface area contributed by atoms with Gasteiger partial charge in [-0.2, -0.15) is 0 Å². The number of benzene rings is 1. The number of ether oxygens (including phenoxy) is 1. The first kappa shape index (κ1) is 14.4. The minimum Gasteiger partial charge on any atom is -0.466 e. The average Bonchev–Trinajstić information content (AvgIpc) is 2.32. The normalized spacial score (nSPS) is 9.94. The molecule has 0 unspecified atom stereocenters. The van der Waals surface area contributed by atoms with Crippen LogP contribution in [0.5, 0.6) is 0 Å². The fraction of sp³-hybridized carbons (Fsp3) is 0.333. The number of hydrogen-bond donors (Lipinski definition) is 1. The van der Waals surface area contributed by atoms with Crippen molar-refractivity contribution in [2.45, 2.75) is 13.3 Å². The third-order valence-corrected chi connectivity index (χ3v) is 2.33. The largest absolute Gasteiger partial charge is 0.466 e. The summed E-state index contributed by atoms with van der Waals surface area (Å²) in [6.45, 7) is 2.07. The van der Waals surface area contributed by atoms with E-state index in [0.717, 1.165) is 6.07 Å². The number of carbonyl (C=O) groups excluding carboxylic acids is 2. The van der Waals surface area contributed by atoms with Crippen molar-refractivity contribution in [1.29, 1.82) is 0 Å². The molecule has 1 N–H and O–H groups in total. The van der Waals surface area contributed by atoms with Crippen LogP contribution >= 0.6 is 11.6 Å². The van der Waals surface area contributed by atoms with Crippen LogP contribution in [0.4, 0.5) is 4.39 Å². The minimum absolute atomic E-state index is 0.0434. The zero-order valence-corrected chi connectivity index (χ0v) is 10.6. The van der Waals surface area contributed by atoms with Crippen molar-refractivity contribution in [3.63, 3.8) is 0 Å². The highest BCUT2D eigenvalue weighted by Crippen LogP contribution is 2.14. The van der Waals surface area contributed by atoms with E-state index in [-0.39, 0.29) is 30.2 Å². The molecule has 1 amide bonds. The molecule has 6 heteroatoms. The monoisotopic (exact) mass is 273 g/mol. The van der Waals surface area contributed by atoms with Crippen molar-refractivity contribution in [1.82, 2.24) is 5.32 Å². The van der Waals surface area contributed by atoms with Crippen molar-refractivity contribution in [3.05, 3.63) is 34.6 Å². The van der Waals surface area contributed by atoms with Gasteiger partial charge in [0, 0.05) is 11.6 Å². The molecule has 1 aromatic carbocycles. The maximum absolute atomic E-state index is 13.3. The highest BCUT2D eigenvalue weighted by atomic mass is 35.5. The molecule has 0 saturated heterocycles. The van der Waals surface area contributed by atoms with E-state index in [1.807, 2.05) is 0 Å². The molecule has 0 bridgehead atoms. The SMILES string of the molecule is CCOC(=O)CCNC(=O)c1cc(Cl)ccc1F. The van der Waals surface area contributed by atoms with E-state index >= 15 is 0 Å². The van der Waals surface area contributed by atoms with E-state index in [9.17, 15) is 14.0 Å². The van der Waals surface area contributed by atoms with Gasteiger partial charge in [-0.05, 0) is 25.1 Å². The summed E-state index contributed by atoms with van der Waals surface area (Å²) in [5, 5.41) is 2.69. The summed E-state index contributed by atoms with van der Waals surface area (Å²) in [5.41, 5.74) is -0.147. The Labute approximate surface area is 109 Å². The van der Waals surface area contributed by atoms with Crippen LogP contribution in [0.3, 0.4) is 0 Å². The van der Waals surface area contributed by atoms with Crippen LogP contribution in [-0.2, 0) is 9.53 Å². The van der Waals surface area contributed by atoms with E-state index in [1.54, 1.807) is 6.92 Å². The molecule has 0 spiro atoms. The van der Waals surface area contributed by atoms with Gasteiger partial charge in [-0.15, -0.1) is 0 Å². The first-order chi connectivity index (χ1) is 8.54. The Bertz CT molecular complexity index is 451. The number of hydrogen-bond acceptors (Lipinski definition) is 3. The highest BCUT2D eigenvalue weighted by Gasteiger charge is 2.12. The van der Waals surface area contributed by atoms with Crippen LogP contribution < -0.4 is 5.32 Å². The van der Waals surface area contributed by atoms with Gasteiger partial charge in [-0.25, -0.2) is 4.39 Å². The molecule has 1 aromatic rings. The standard InChI is InChI=1S/C12H13ClFNO3/c1-2-18-11(16)5-6-15-12(17)9-7-8(13)3-4-10(9)14/h3-4,7H,2,5-6H2,1H3,(H,15,17). The Kier molecular flexibility index (Phi) is 5.58. The lowest BCUT2D eigenvalue weighted by atomic mass is 10.2. The maximum atomic E-state index is 13.3. The third-order valence-electron chi connectivity index (χ3n) is 2.09. The van der Waals surface area contributed by atoms with Crippen molar-refractivity contribution in [2.24, 2.45) is 0 Å². The van der Waals surface area contributed by atoms with E-state index in [4.69, 9.17) is 11.6 Å². The van der Waals surface area contributed by atoms with Gasteiger partial charge >= 0.3 is 5.97 Å². The van der Waals surface area contributed by atoms with Gasteiger partial charge in [0.05, 0.1) is 18.6 Å². The molecular weight excluding hydrogens is 261 g/mol. The highest BCUT2D eigenvalue weighted by molar-refractivity contribution is 6.31. The summed E-state index contributed by atoms with van der Waals surface area (Å²) in [7, 11) is 0. The molecule has 4 nitrogen and oxygen atoms in total. The maximum Gasteiger partial charge on any atom is 0.307 e. The van der Waals surface area contributed by atoms with Gasteiger partial charge in [0.2, 0.25) is 0 Å². The predicted octanol–water partition coefficient (Wildman–Crippen LogP) is 2.16. The van der Waals surface area contributed by atoms with Gasteiger partial charge in [0.1, 0.15) is 5.82 Å². The van der Waals surface area contributed by atoms with Gasteiger partial charge in [0.15, 0.2) is 0 Å². The molecule has 0 atom stereocenters. The first-order valence-electron chi connectivity index (χ1n) is 5.43. The van der Waals surface area contributed by atoms with Crippen LogP contribution in [0.2, 0.25) is 5.02 Å². The first-order valence-corrected chi connectivity index (χ1v) is 5.81. The van der Waals surface area contributed by atoms with Crippen LogP contribution in [0.1, 0.15) is 23.7 Å². The molecule has 1 rings (SSSR count). The molecule has 0 saturated carbocycles. The molecule has 0 heterocycles. The molecule has 98 valence electrons. The van der Waals surface area contributed by atoms with Crippen LogP contribution in [0, 0.1) is 5.82 Å². The van der Waals surface area contributed by atoms with Crippen LogP contribution in [-0.4, -0.2) is 25.0 Å². The zero-order chi connectivity index (χ0) is 13.5. The Morgan fingerprint density at radius 3 is 2.83 bits per heavy atom. The van der Waals surface area contributed by atoms with Gasteiger partial charge in [0.25, 0.3) is 5.91 Å². The molecule has 0 radical (unpaired) electrons. The van der Waals surface area contributed by atoms with Gasteiger partial charge < -0.3 is 10.1 Å². The summed E-state index contributed by atoms with van der Waals surface area (Å²) in [5.74, 6) is -1.68. The third kappa shape index (κ3) is 4.33. The second-order valence-corrected chi connectivity index (χ2v) is 3.87. The van der Waals surface area contributed by atoms with Crippen molar-refractivity contribution in [3.8, 4) is 0 Å². The Hall–Kier alpha value is -1.62. The fourth-order valence-corrected chi connectivity index (χ4v) is 1.45. The molecule has 18 heavy (non-hydrogen) atoms. The Morgan fingerprint density at radius 2 is 2.17 bits per heavy atom. The van der Waals surface area contributed by atoms with Crippen molar-refractivity contribution in [2.75, 3.05) is 13.2 Å². The van der Waals surface area contributed by atoms with Crippen molar-refractivity contribution >= 4 is 23.5 Å². The topological polar surface area (TPSA) is 55.4 Å². The number of halogens is 2. The summed E-state index contributed by atoms with van der Waals surface area (Å²) in [6.07, 6.45) is 0.0434. The Morgan fingerprint density at radius 1 is 1.44 bits per heavy atom. The van der Waals surface area contributed by atoms with Gasteiger partial charge in [-0.3, -0.25) is 9.59 Å². The van der Waals surface area contributed by atoms with E-state index in [1.165, 1.54) is 12.1 Å². The number of nitrogens with one attached hydrogen (secondary N) is 1. The summed E-state index contributed by atoms with van der Waals surface area (Å²) in [6, 6.07) is 3.70. The summed E-state index contributed by atoms with van der Waals surface area (Å²) < 4.78 is 18.0. The number of carbonyl (C=O) groups is 2. The van der Waals surface area contributed by atoms with E-state index < -0.39 is 17.7 Å². The zero-order valence-electron chi connectivity index (χ0n) is 9.83. The number of amides is 1. The lowest BCUT2D eigenvalue weighted by Gasteiger charge is -2.06. The van der Waals surface area contributed by atoms with Crippen LogP contribution in [0.25, 0.3) is 0 Å².